The van der Waals surface area contributed by atoms with Crippen molar-refractivity contribution in [1.82, 2.24) is 4.57 Å². The van der Waals surface area contributed by atoms with Gasteiger partial charge in [-0.1, -0.05) is 139 Å². The molecule has 3 heteroatoms. The molecule has 0 saturated heterocycles. The molecule has 0 radical (unpaired) electrons. The van der Waals surface area contributed by atoms with Crippen LogP contribution >= 0.6 is 0 Å². The summed E-state index contributed by atoms with van der Waals surface area (Å²) in [6.45, 7) is 0. The quantitative estimate of drug-likeness (QED) is 0.163. The summed E-state index contributed by atoms with van der Waals surface area (Å²) in [4.78, 5) is 1.83. The van der Waals surface area contributed by atoms with Gasteiger partial charge in [-0.2, -0.15) is 0 Å². The van der Waals surface area contributed by atoms with Gasteiger partial charge in [-0.3, -0.25) is 0 Å². The van der Waals surface area contributed by atoms with Crippen LogP contribution in [0.15, 0.2) is 223 Å². The van der Waals surface area contributed by atoms with Crippen LogP contribution in [0.5, 0.6) is 0 Å². The fourth-order valence-corrected chi connectivity index (χ4v) is 8.11. The van der Waals surface area contributed by atoms with Crippen LogP contribution in [0.25, 0.3) is 82.8 Å². The van der Waals surface area contributed by atoms with Crippen molar-refractivity contribution in [1.29, 1.82) is 0 Å². The summed E-state index contributed by atoms with van der Waals surface area (Å²) in [7, 11) is 0. The predicted molar refractivity (Wildman–Crippen MR) is 239 cm³/mol. The van der Waals surface area contributed by atoms with Gasteiger partial charge >= 0.3 is 0 Å². The zero-order valence-electron chi connectivity index (χ0n) is 34.8. The van der Waals surface area contributed by atoms with E-state index >= 15 is 0 Å². The average molecular weight is 733 g/mol. The fourth-order valence-electron chi connectivity index (χ4n) is 8.11. The number of aromatic nitrogens is 1. The number of hydrogen-bond donors (Lipinski definition) is 0. The minimum atomic E-state index is -0.123. The number of benzene rings is 9. The third-order valence-corrected chi connectivity index (χ3v) is 10.9. The lowest BCUT2D eigenvalue weighted by Crippen LogP contribution is -2.09. The van der Waals surface area contributed by atoms with Crippen LogP contribution in [0, 0.1) is 0 Å². The molecule has 0 saturated carbocycles. The lowest BCUT2D eigenvalue weighted by Gasteiger charge is -2.26. The molecule has 0 N–H and O–H groups in total. The summed E-state index contributed by atoms with van der Waals surface area (Å²) < 4.78 is 45.6. The van der Waals surface area contributed by atoms with E-state index in [0.29, 0.717) is 16.9 Å². The third-order valence-electron chi connectivity index (χ3n) is 10.9. The molecule has 0 aliphatic heterocycles. The second kappa shape index (κ2) is 13.6. The summed E-state index contributed by atoms with van der Waals surface area (Å²) in [5, 5.41) is 4.56. The van der Waals surface area contributed by atoms with E-state index in [1.54, 1.807) is 0 Å². The van der Waals surface area contributed by atoms with E-state index in [2.05, 4.69) is 114 Å². The van der Waals surface area contributed by atoms with Gasteiger partial charge in [0.25, 0.3) is 0 Å². The Morgan fingerprint density at radius 1 is 0.351 bits per heavy atom. The maximum absolute atomic E-state index is 9.39. The molecule has 2 aromatic heterocycles. The van der Waals surface area contributed by atoms with Crippen LogP contribution < -0.4 is 4.90 Å². The molecule has 0 aliphatic carbocycles. The minimum Gasteiger partial charge on any atom is -0.456 e. The summed E-state index contributed by atoms with van der Waals surface area (Å²) in [5.41, 5.74) is 11.5. The number of para-hydroxylation sites is 3. The molecule has 3 nitrogen and oxygen atoms in total. The monoisotopic (exact) mass is 732 g/mol. The van der Waals surface area contributed by atoms with Crippen LogP contribution in [0.1, 0.15) is 5.48 Å². The van der Waals surface area contributed by atoms with Crippen molar-refractivity contribution in [3.05, 3.63) is 218 Å². The first-order chi connectivity index (χ1) is 29.9. The number of nitrogens with zero attached hydrogens (tertiary/aromatic N) is 2. The van der Waals surface area contributed by atoms with Gasteiger partial charge in [0.05, 0.1) is 16.5 Å². The maximum atomic E-state index is 9.39. The predicted octanol–water partition coefficient (Wildman–Crippen LogP) is 15.2. The van der Waals surface area contributed by atoms with Gasteiger partial charge in [-0.05, 0) is 112 Å². The first kappa shape index (κ1) is 28.8. The van der Waals surface area contributed by atoms with E-state index in [1.807, 2.05) is 89.8 Å². The standard InChI is InChI=1S/C54H36N2O/c1-2-11-37(12-3-1)38-21-28-43(29-22-38)55(45-32-25-40(26-33-45)42-27-34-50-49-17-6-9-20-53(49)57-54(50)36-42)44-30-23-39(24-31-44)41-13-10-14-46(35-41)56-51-18-7-4-15-47(51)48-16-5-8-19-52(48)56/h1-36H/i21D,22D,28D,29D. The maximum Gasteiger partial charge on any atom is 0.136 e. The van der Waals surface area contributed by atoms with E-state index in [9.17, 15) is 5.48 Å². The second-order valence-corrected chi connectivity index (χ2v) is 14.2. The molecular formula is C54H36N2O. The number of rotatable bonds is 7. The van der Waals surface area contributed by atoms with Gasteiger partial charge in [0, 0.05) is 44.3 Å². The van der Waals surface area contributed by atoms with Crippen LogP contribution in [0.4, 0.5) is 17.1 Å². The average Bonchev–Trinajstić information content (AvgIpc) is 3.86. The van der Waals surface area contributed by atoms with Gasteiger partial charge in [-0.15, -0.1) is 0 Å². The molecule has 0 atom stereocenters. The minimum absolute atomic E-state index is 0.0959. The molecule has 0 unspecified atom stereocenters. The molecule has 0 spiro atoms. The number of hydrogen-bond acceptors (Lipinski definition) is 2. The second-order valence-electron chi connectivity index (χ2n) is 14.2. The van der Waals surface area contributed by atoms with Crippen molar-refractivity contribution in [2.24, 2.45) is 0 Å². The molecule has 0 amide bonds. The Labute approximate surface area is 336 Å². The Bertz CT molecular complexity index is 3380. The van der Waals surface area contributed by atoms with Gasteiger partial charge in [-0.25, -0.2) is 0 Å². The van der Waals surface area contributed by atoms with E-state index in [-0.39, 0.29) is 35.4 Å². The van der Waals surface area contributed by atoms with Crippen molar-refractivity contribution in [3.63, 3.8) is 0 Å². The van der Waals surface area contributed by atoms with Crippen LogP contribution in [0.3, 0.4) is 0 Å². The fraction of sp³-hybridized carbons (Fsp3) is 0. The van der Waals surface area contributed by atoms with Crippen LogP contribution in [-0.4, -0.2) is 4.57 Å². The number of fused-ring (bicyclic) bond motifs is 6. The van der Waals surface area contributed by atoms with Gasteiger partial charge in [0.2, 0.25) is 0 Å². The molecular weight excluding hydrogens is 693 g/mol. The summed E-state index contributed by atoms with van der Waals surface area (Å²) in [5.74, 6) is 0. The first-order valence-corrected chi connectivity index (χ1v) is 19.1. The molecule has 0 aliphatic rings. The number of furan rings is 1. The van der Waals surface area contributed by atoms with Crippen LogP contribution in [-0.2, 0) is 0 Å². The topological polar surface area (TPSA) is 21.3 Å². The van der Waals surface area contributed by atoms with E-state index in [0.717, 1.165) is 60.9 Å². The van der Waals surface area contributed by atoms with Crippen molar-refractivity contribution in [2.45, 2.75) is 0 Å². The highest BCUT2D eigenvalue weighted by Gasteiger charge is 2.16. The largest absolute Gasteiger partial charge is 0.456 e. The Morgan fingerprint density at radius 2 is 0.860 bits per heavy atom. The molecule has 0 fully saturated rings. The van der Waals surface area contributed by atoms with Crippen molar-refractivity contribution < 1.29 is 9.90 Å². The zero-order valence-corrected chi connectivity index (χ0v) is 30.8. The Hall–Kier alpha value is -7.62. The number of anilines is 3. The molecule has 2 heterocycles. The molecule has 57 heavy (non-hydrogen) atoms. The van der Waals surface area contributed by atoms with Gasteiger partial charge in [0.15, 0.2) is 0 Å². The van der Waals surface area contributed by atoms with Crippen molar-refractivity contribution >= 4 is 60.8 Å². The molecule has 11 rings (SSSR count). The van der Waals surface area contributed by atoms with E-state index in [4.69, 9.17) is 4.42 Å². The van der Waals surface area contributed by atoms with Crippen molar-refractivity contribution in [3.8, 4) is 39.1 Å². The lowest BCUT2D eigenvalue weighted by atomic mass is 10.0. The highest BCUT2D eigenvalue weighted by Crippen LogP contribution is 2.39. The molecule has 0 bridgehead atoms. The lowest BCUT2D eigenvalue weighted by molar-refractivity contribution is 0.669. The Kier molecular flexibility index (Phi) is 6.86. The van der Waals surface area contributed by atoms with Crippen LogP contribution in [0.2, 0.25) is 0 Å². The van der Waals surface area contributed by atoms with E-state index < -0.39 is 0 Å². The van der Waals surface area contributed by atoms with Crippen molar-refractivity contribution in [2.75, 3.05) is 4.90 Å². The summed E-state index contributed by atoms with van der Waals surface area (Å²) in [6.07, 6.45) is 0. The first-order valence-electron chi connectivity index (χ1n) is 21.1. The highest BCUT2D eigenvalue weighted by molar-refractivity contribution is 6.09. The summed E-state index contributed by atoms with van der Waals surface area (Å²) >= 11 is 0. The van der Waals surface area contributed by atoms with Gasteiger partial charge in [0.1, 0.15) is 11.2 Å². The normalized spacial score (nSPS) is 12.5. The Balaban J connectivity index is 1.01. The smallest absolute Gasteiger partial charge is 0.136 e. The molecule has 9 aromatic carbocycles. The third kappa shape index (κ3) is 5.76. The van der Waals surface area contributed by atoms with Gasteiger partial charge < -0.3 is 13.9 Å². The zero-order chi connectivity index (χ0) is 41.2. The SMILES string of the molecule is [2H]c1c([2H])c(N(c2ccc(-c3cccc(-n4c5ccccc5c5ccccc54)c3)cc2)c2ccc(-c3ccc4c(c3)oc3ccccc34)cc2)c([2H])c([2H])c1-c1ccccc1. The highest BCUT2D eigenvalue weighted by atomic mass is 16.3. The Morgan fingerprint density at radius 3 is 1.53 bits per heavy atom. The molecule has 11 aromatic rings. The van der Waals surface area contributed by atoms with E-state index in [1.165, 1.54) is 10.8 Å². The summed E-state index contributed by atoms with van der Waals surface area (Å²) in [6, 6.07) is 64.6. The molecule has 268 valence electrons.